The molecule has 1 saturated heterocycles. The maximum absolute atomic E-state index is 12.7. The number of hydrogen-bond acceptors (Lipinski definition) is 4. The quantitative estimate of drug-likeness (QED) is 0.776. The lowest BCUT2D eigenvalue weighted by Gasteiger charge is -2.26. The van der Waals surface area contributed by atoms with Crippen molar-refractivity contribution in [1.29, 1.82) is 0 Å². The Kier molecular flexibility index (Phi) is 4.07. The first kappa shape index (κ1) is 15.5. The van der Waals surface area contributed by atoms with Crippen LogP contribution in [0.2, 0.25) is 0 Å². The third-order valence-corrected chi connectivity index (χ3v) is 4.17. The molecule has 23 heavy (non-hydrogen) atoms. The Balaban J connectivity index is 1.82. The summed E-state index contributed by atoms with van der Waals surface area (Å²) in [5.74, 6) is -0.0419. The van der Waals surface area contributed by atoms with Crippen LogP contribution in [0.5, 0.6) is 5.75 Å². The molecule has 1 aromatic rings. The van der Waals surface area contributed by atoms with Crippen LogP contribution in [0.4, 0.5) is 5.69 Å². The summed E-state index contributed by atoms with van der Waals surface area (Å²) in [4.78, 5) is 39.6. The van der Waals surface area contributed by atoms with E-state index in [1.54, 1.807) is 29.2 Å². The van der Waals surface area contributed by atoms with Gasteiger partial charge in [0.1, 0.15) is 11.8 Å². The molecule has 1 heterocycles. The fourth-order valence-electron chi connectivity index (χ4n) is 3.05. The number of ether oxygens (including phenoxy) is 1. The zero-order valence-corrected chi connectivity index (χ0v) is 13.3. The smallest absolute Gasteiger partial charge is 0.257 e. The minimum Gasteiger partial charge on any atom is -0.494 e. The predicted molar refractivity (Wildman–Crippen MR) is 84.1 cm³/mol. The number of rotatable bonds is 5. The van der Waals surface area contributed by atoms with Crippen molar-refractivity contribution in [1.82, 2.24) is 4.90 Å². The summed E-state index contributed by atoms with van der Waals surface area (Å²) < 4.78 is 5.37. The van der Waals surface area contributed by atoms with Gasteiger partial charge in [0.05, 0.1) is 18.7 Å². The van der Waals surface area contributed by atoms with Crippen molar-refractivity contribution >= 4 is 23.4 Å². The molecule has 1 atom stereocenters. The van der Waals surface area contributed by atoms with E-state index in [0.29, 0.717) is 18.0 Å². The van der Waals surface area contributed by atoms with E-state index >= 15 is 0 Å². The van der Waals surface area contributed by atoms with Crippen LogP contribution < -0.4 is 9.64 Å². The second kappa shape index (κ2) is 6.02. The molecule has 1 aliphatic heterocycles. The fourth-order valence-corrected chi connectivity index (χ4v) is 3.05. The van der Waals surface area contributed by atoms with Crippen LogP contribution in [0.1, 0.15) is 33.1 Å². The van der Waals surface area contributed by atoms with Gasteiger partial charge in [-0.05, 0) is 44.0 Å². The molecule has 0 N–H and O–H groups in total. The lowest BCUT2D eigenvalue weighted by Crippen LogP contribution is -2.45. The lowest BCUT2D eigenvalue weighted by atomic mass is 10.2. The van der Waals surface area contributed by atoms with E-state index in [4.69, 9.17) is 4.74 Å². The summed E-state index contributed by atoms with van der Waals surface area (Å²) >= 11 is 0. The number of carbonyl (C=O) groups excluding carboxylic acids is 3. The first-order chi connectivity index (χ1) is 11.0. The summed E-state index contributed by atoms with van der Waals surface area (Å²) in [5, 5.41) is 0. The van der Waals surface area contributed by atoms with E-state index in [1.807, 2.05) is 6.92 Å². The first-order valence-corrected chi connectivity index (χ1v) is 7.91. The highest BCUT2D eigenvalue weighted by molar-refractivity contribution is 6.23. The number of carbonyl (C=O) groups is 3. The van der Waals surface area contributed by atoms with E-state index in [1.165, 1.54) is 11.8 Å². The van der Waals surface area contributed by atoms with Crippen LogP contribution in [0, 0.1) is 0 Å². The average Bonchev–Trinajstić information content (AvgIpc) is 3.28. The largest absolute Gasteiger partial charge is 0.494 e. The molecule has 3 amide bonds. The highest BCUT2D eigenvalue weighted by Crippen LogP contribution is 2.34. The minimum atomic E-state index is -0.668. The summed E-state index contributed by atoms with van der Waals surface area (Å²) in [7, 11) is 0. The summed E-state index contributed by atoms with van der Waals surface area (Å²) in [6.45, 7) is 3.90. The highest BCUT2D eigenvalue weighted by Gasteiger charge is 2.47. The molecule has 3 rings (SSSR count). The molecule has 1 aromatic carbocycles. The summed E-state index contributed by atoms with van der Waals surface area (Å²) in [5.41, 5.74) is 0.519. The molecule has 1 saturated carbocycles. The van der Waals surface area contributed by atoms with Crippen LogP contribution in [-0.2, 0) is 14.4 Å². The molecule has 0 spiro atoms. The van der Waals surface area contributed by atoms with E-state index in [2.05, 4.69) is 0 Å². The number of anilines is 1. The monoisotopic (exact) mass is 316 g/mol. The molecule has 1 aliphatic carbocycles. The molecule has 6 heteroatoms. The van der Waals surface area contributed by atoms with Crippen molar-refractivity contribution in [3.8, 4) is 5.75 Å². The Morgan fingerprint density at radius 2 is 1.91 bits per heavy atom. The Morgan fingerprint density at radius 1 is 1.26 bits per heavy atom. The Hall–Kier alpha value is -2.37. The Bertz CT molecular complexity index is 636. The van der Waals surface area contributed by atoms with E-state index in [9.17, 15) is 14.4 Å². The van der Waals surface area contributed by atoms with Crippen molar-refractivity contribution < 1.29 is 19.1 Å². The third kappa shape index (κ3) is 2.93. The van der Waals surface area contributed by atoms with Crippen LogP contribution in [0.3, 0.4) is 0 Å². The van der Waals surface area contributed by atoms with Gasteiger partial charge in [0.2, 0.25) is 11.8 Å². The zero-order valence-electron chi connectivity index (χ0n) is 13.3. The van der Waals surface area contributed by atoms with Crippen molar-refractivity contribution in [2.24, 2.45) is 0 Å². The van der Waals surface area contributed by atoms with Gasteiger partial charge in [-0.15, -0.1) is 0 Å². The van der Waals surface area contributed by atoms with Crippen molar-refractivity contribution in [2.45, 2.75) is 45.2 Å². The molecular formula is C17H20N2O4. The topological polar surface area (TPSA) is 66.9 Å². The molecular weight excluding hydrogens is 296 g/mol. The van der Waals surface area contributed by atoms with Crippen LogP contribution in [0.15, 0.2) is 24.3 Å². The number of benzene rings is 1. The van der Waals surface area contributed by atoms with E-state index in [-0.39, 0.29) is 30.2 Å². The Labute approximate surface area is 135 Å². The lowest BCUT2D eigenvalue weighted by molar-refractivity contribution is -0.137. The average molecular weight is 316 g/mol. The molecule has 122 valence electrons. The summed E-state index contributed by atoms with van der Waals surface area (Å²) in [6, 6.07) is 6.29. The minimum absolute atomic E-state index is 0.0577. The number of amides is 3. The van der Waals surface area contributed by atoms with Crippen LogP contribution >= 0.6 is 0 Å². The molecule has 6 nitrogen and oxygen atoms in total. The van der Waals surface area contributed by atoms with E-state index < -0.39 is 6.04 Å². The van der Waals surface area contributed by atoms with Crippen molar-refractivity contribution in [3.63, 3.8) is 0 Å². The third-order valence-electron chi connectivity index (χ3n) is 4.17. The van der Waals surface area contributed by atoms with Crippen LogP contribution in [-0.4, -0.2) is 41.3 Å². The first-order valence-electron chi connectivity index (χ1n) is 7.91. The van der Waals surface area contributed by atoms with Gasteiger partial charge in [0.15, 0.2) is 0 Å². The standard InChI is InChI=1S/C17H20N2O4/c1-3-23-14-8-6-13(7-9-14)19-16(21)10-15(17(19)22)18(11(2)20)12-4-5-12/h6-9,12,15H,3-5,10H2,1-2H3. The number of hydrogen-bond donors (Lipinski definition) is 0. The predicted octanol–water partition coefficient (Wildman–Crippen LogP) is 1.73. The second-order valence-electron chi connectivity index (χ2n) is 5.87. The van der Waals surface area contributed by atoms with Crippen LogP contribution in [0.25, 0.3) is 0 Å². The SMILES string of the molecule is CCOc1ccc(N2C(=O)CC(N(C(C)=O)C3CC3)C2=O)cc1. The molecule has 0 aromatic heterocycles. The number of imide groups is 1. The molecule has 0 bridgehead atoms. The molecule has 1 unspecified atom stereocenters. The van der Waals surface area contributed by atoms with Gasteiger partial charge < -0.3 is 9.64 Å². The van der Waals surface area contributed by atoms with Crippen molar-refractivity contribution in [2.75, 3.05) is 11.5 Å². The maximum atomic E-state index is 12.7. The van der Waals surface area contributed by atoms with Gasteiger partial charge in [-0.25, -0.2) is 4.90 Å². The normalized spacial score (nSPS) is 20.8. The molecule has 0 radical (unpaired) electrons. The molecule has 2 fully saturated rings. The zero-order chi connectivity index (χ0) is 16.6. The number of nitrogens with zero attached hydrogens (tertiary/aromatic N) is 2. The van der Waals surface area contributed by atoms with Gasteiger partial charge in [-0.2, -0.15) is 0 Å². The van der Waals surface area contributed by atoms with Gasteiger partial charge >= 0.3 is 0 Å². The van der Waals surface area contributed by atoms with Crippen molar-refractivity contribution in [3.05, 3.63) is 24.3 Å². The maximum Gasteiger partial charge on any atom is 0.257 e. The second-order valence-corrected chi connectivity index (χ2v) is 5.87. The van der Waals surface area contributed by atoms with Gasteiger partial charge in [0, 0.05) is 13.0 Å². The van der Waals surface area contributed by atoms with Gasteiger partial charge in [-0.1, -0.05) is 0 Å². The van der Waals surface area contributed by atoms with Gasteiger partial charge in [-0.3, -0.25) is 14.4 Å². The van der Waals surface area contributed by atoms with Gasteiger partial charge in [0.25, 0.3) is 5.91 Å². The highest BCUT2D eigenvalue weighted by atomic mass is 16.5. The Morgan fingerprint density at radius 3 is 2.43 bits per heavy atom. The van der Waals surface area contributed by atoms with E-state index in [0.717, 1.165) is 12.8 Å². The molecule has 2 aliphatic rings. The fraction of sp³-hybridized carbons (Fsp3) is 0.471. The summed E-state index contributed by atoms with van der Waals surface area (Å²) in [6.07, 6.45) is 1.86.